The number of hydrogen-bond acceptors (Lipinski definition) is 7. The standard InChI is InChI=1S/C18H21N3O6S/c1-10-15(17(25)21(20(10)3)12-7-5-4-6-8-12)19-16(24)11(2)28-13(18(26)27)9-14(22)23/h4-8,11,13H,9H2,1-3H3,(H,19,24)(H,22,23)(H,26,27)/p-2/t11-,13-/m0/s1. The van der Waals surface area contributed by atoms with Gasteiger partial charge >= 0.3 is 0 Å². The van der Waals surface area contributed by atoms with Crippen molar-refractivity contribution in [2.45, 2.75) is 30.8 Å². The minimum absolute atomic E-state index is 0.0636. The van der Waals surface area contributed by atoms with Gasteiger partial charge in [-0.1, -0.05) is 18.2 Å². The predicted octanol–water partition coefficient (Wildman–Crippen LogP) is -1.20. The molecule has 0 saturated heterocycles. The summed E-state index contributed by atoms with van der Waals surface area (Å²) in [5.41, 5.74) is 0.745. The van der Waals surface area contributed by atoms with Gasteiger partial charge in [-0.15, -0.1) is 11.8 Å². The van der Waals surface area contributed by atoms with Gasteiger partial charge in [0.1, 0.15) is 5.69 Å². The van der Waals surface area contributed by atoms with Gasteiger partial charge in [0.2, 0.25) is 5.91 Å². The van der Waals surface area contributed by atoms with Crippen molar-refractivity contribution in [2.24, 2.45) is 7.05 Å². The normalized spacial score (nSPS) is 13.0. The second kappa shape index (κ2) is 8.79. The fourth-order valence-corrected chi connectivity index (χ4v) is 3.60. The Labute approximate surface area is 164 Å². The van der Waals surface area contributed by atoms with Crippen molar-refractivity contribution in [2.75, 3.05) is 5.32 Å². The van der Waals surface area contributed by atoms with E-state index in [1.165, 1.54) is 11.6 Å². The number of carbonyl (C=O) groups excluding carboxylic acids is 3. The number of thioether (sulfide) groups is 1. The Balaban J connectivity index is 2.23. The molecule has 0 unspecified atom stereocenters. The van der Waals surface area contributed by atoms with E-state index in [2.05, 4.69) is 5.32 Å². The first-order valence-corrected chi connectivity index (χ1v) is 9.28. The number of aliphatic carboxylic acids is 2. The van der Waals surface area contributed by atoms with Gasteiger partial charge in [-0.25, -0.2) is 4.68 Å². The van der Waals surface area contributed by atoms with Crippen LogP contribution in [0, 0.1) is 6.92 Å². The van der Waals surface area contributed by atoms with Crippen LogP contribution in [0.3, 0.4) is 0 Å². The molecular weight excluding hydrogens is 386 g/mol. The SMILES string of the molecule is Cc1c(NC(=O)[C@H](C)S[C@@H](CC(=O)[O-])C(=O)[O-])c(=O)n(-c2ccccc2)n1C. The number of hydrogen-bond donors (Lipinski definition) is 1. The Hall–Kier alpha value is -3.01. The molecule has 28 heavy (non-hydrogen) atoms. The summed E-state index contributed by atoms with van der Waals surface area (Å²) in [4.78, 5) is 46.9. The summed E-state index contributed by atoms with van der Waals surface area (Å²) in [6.07, 6.45) is -0.782. The molecule has 0 radical (unpaired) electrons. The van der Waals surface area contributed by atoms with E-state index >= 15 is 0 Å². The molecule has 1 heterocycles. The topological polar surface area (TPSA) is 136 Å². The maximum Gasteiger partial charge on any atom is 0.295 e. The number of carboxylic acid groups (broad SMARTS) is 2. The molecule has 10 heteroatoms. The highest BCUT2D eigenvalue weighted by Crippen LogP contribution is 2.22. The van der Waals surface area contributed by atoms with Gasteiger partial charge in [-0.3, -0.25) is 14.3 Å². The molecule has 1 amide bonds. The Bertz CT molecular complexity index is 950. The average molecular weight is 405 g/mol. The summed E-state index contributed by atoms with van der Waals surface area (Å²) in [6, 6.07) is 8.85. The highest BCUT2D eigenvalue weighted by Gasteiger charge is 2.24. The van der Waals surface area contributed by atoms with E-state index in [4.69, 9.17) is 0 Å². The van der Waals surface area contributed by atoms with E-state index in [0.717, 1.165) is 0 Å². The third-order valence-corrected chi connectivity index (χ3v) is 5.46. The fraction of sp³-hybridized carbons (Fsp3) is 0.333. The molecule has 1 aromatic heterocycles. The smallest absolute Gasteiger partial charge is 0.295 e. The minimum Gasteiger partial charge on any atom is -0.550 e. The monoisotopic (exact) mass is 405 g/mol. The summed E-state index contributed by atoms with van der Waals surface area (Å²) in [5.74, 6) is -3.78. The number of amides is 1. The zero-order chi connectivity index (χ0) is 21.0. The van der Waals surface area contributed by atoms with Crippen molar-refractivity contribution in [1.82, 2.24) is 9.36 Å². The number of para-hydroxylation sites is 1. The number of carbonyl (C=O) groups is 3. The van der Waals surface area contributed by atoms with Crippen LogP contribution in [0.25, 0.3) is 5.69 Å². The maximum atomic E-state index is 12.8. The van der Waals surface area contributed by atoms with Crippen LogP contribution in [0.15, 0.2) is 35.1 Å². The molecule has 1 N–H and O–H groups in total. The van der Waals surface area contributed by atoms with Gasteiger partial charge in [0.05, 0.1) is 27.9 Å². The molecule has 0 bridgehead atoms. The highest BCUT2D eigenvalue weighted by atomic mass is 32.2. The lowest BCUT2D eigenvalue weighted by molar-refractivity contribution is -0.314. The zero-order valence-electron chi connectivity index (χ0n) is 15.5. The lowest BCUT2D eigenvalue weighted by Crippen LogP contribution is -2.40. The lowest BCUT2D eigenvalue weighted by atomic mass is 10.3. The van der Waals surface area contributed by atoms with Gasteiger partial charge in [0, 0.05) is 19.4 Å². The first-order chi connectivity index (χ1) is 13.1. The van der Waals surface area contributed by atoms with E-state index < -0.39 is 40.3 Å². The molecule has 0 spiro atoms. The van der Waals surface area contributed by atoms with E-state index in [-0.39, 0.29) is 5.69 Å². The minimum atomic E-state index is -1.60. The molecule has 0 saturated carbocycles. The third-order valence-electron chi connectivity index (χ3n) is 4.15. The van der Waals surface area contributed by atoms with Crippen molar-refractivity contribution in [1.29, 1.82) is 0 Å². The molecule has 0 fully saturated rings. The van der Waals surface area contributed by atoms with Crippen molar-refractivity contribution < 1.29 is 24.6 Å². The maximum absolute atomic E-state index is 12.8. The van der Waals surface area contributed by atoms with Crippen molar-refractivity contribution >= 4 is 35.3 Å². The molecule has 0 aliphatic carbocycles. The molecular formula is C18H19N3O6S-2. The molecule has 2 atom stereocenters. The van der Waals surface area contributed by atoms with Gasteiger partial charge in [0.25, 0.3) is 5.56 Å². The Kier molecular flexibility index (Phi) is 6.68. The number of rotatable bonds is 8. The number of anilines is 1. The van der Waals surface area contributed by atoms with E-state index in [1.54, 1.807) is 42.9 Å². The number of carboxylic acids is 2. The van der Waals surface area contributed by atoms with Crippen LogP contribution in [0.4, 0.5) is 5.69 Å². The van der Waals surface area contributed by atoms with Gasteiger partial charge in [-0.05, 0) is 26.0 Å². The summed E-state index contributed by atoms with van der Waals surface area (Å²) in [7, 11) is 1.67. The van der Waals surface area contributed by atoms with Crippen LogP contribution < -0.4 is 21.1 Å². The number of nitrogens with zero attached hydrogens (tertiary/aromatic N) is 2. The fourth-order valence-electron chi connectivity index (χ4n) is 2.58. The van der Waals surface area contributed by atoms with Crippen LogP contribution in [0.5, 0.6) is 0 Å². The molecule has 150 valence electrons. The van der Waals surface area contributed by atoms with Crippen LogP contribution in [-0.2, 0) is 21.4 Å². The van der Waals surface area contributed by atoms with Crippen LogP contribution in [-0.4, -0.2) is 37.7 Å². The van der Waals surface area contributed by atoms with Crippen molar-refractivity contribution in [3.05, 3.63) is 46.4 Å². The van der Waals surface area contributed by atoms with Gasteiger partial charge in [-0.2, -0.15) is 0 Å². The van der Waals surface area contributed by atoms with Crippen molar-refractivity contribution in [3.8, 4) is 5.69 Å². The second-order valence-electron chi connectivity index (χ2n) is 6.09. The third kappa shape index (κ3) is 4.63. The molecule has 1 aromatic carbocycles. The van der Waals surface area contributed by atoms with E-state index in [9.17, 15) is 29.4 Å². The largest absolute Gasteiger partial charge is 0.550 e. The van der Waals surface area contributed by atoms with Crippen LogP contribution in [0.2, 0.25) is 0 Å². The number of aromatic nitrogens is 2. The molecule has 0 aliphatic rings. The average Bonchev–Trinajstić information content (AvgIpc) is 2.84. The van der Waals surface area contributed by atoms with E-state index in [1.807, 2.05) is 6.07 Å². The molecule has 0 aliphatic heterocycles. The second-order valence-corrected chi connectivity index (χ2v) is 7.64. The Morgan fingerprint density at radius 2 is 1.79 bits per heavy atom. The molecule has 9 nitrogen and oxygen atoms in total. The molecule has 2 aromatic rings. The van der Waals surface area contributed by atoms with E-state index in [0.29, 0.717) is 23.1 Å². The number of benzene rings is 1. The van der Waals surface area contributed by atoms with Crippen LogP contribution >= 0.6 is 11.8 Å². The lowest BCUT2D eigenvalue weighted by Gasteiger charge is -2.21. The summed E-state index contributed by atoms with van der Waals surface area (Å²) < 4.78 is 2.98. The number of nitrogens with one attached hydrogen (secondary N) is 1. The zero-order valence-corrected chi connectivity index (χ0v) is 16.3. The highest BCUT2D eigenvalue weighted by molar-refractivity contribution is 8.01. The first kappa shape index (κ1) is 21.3. The Morgan fingerprint density at radius 3 is 2.32 bits per heavy atom. The van der Waals surface area contributed by atoms with Crippen molar-refractivity contribution in [3.63, 3.8) is 0 Å². The summed E-state index contributed by atoms with van der Waals surface area (Å²) in [6.45, 7) is 3.08. The predicted molar refractivity (Wildman–Crippen MR) is 99.8 cm³/mol. The quantitative estimate of drug-likeness (QED) is 0.583. The first-order valence-electron chi connectivity index (χ1n) is 8.34. The summed E-state index contributed by atoms with van der Waals surface area (Å²) >= 11 is 0.617. The Morgan fingerprint density at radius 1 is 1.18 bits per heavy atom. The molecule has 2 rings (SSSR count). The van der Waals surface area contributed by atoms with Gasteiger partial charge in [0.15, 0.2) is 0 Å². The van der Waals surface area contributed by atoms with Crippen LogP contribution in [0.1, 0.15) is 19.0 Å². The van der Waals surface area contributed by atoms with Gasteiger partial charge < -0.3 is 25.1 Å². The summed E-state index contributed by atoms with van der Waals surface area (Å²) in [5, 5.41) is 21.8.